The fourth-order valence-electron chi connectivity index (χ4n) is 3.62. The Balaban J connectivity index is 2.98. The Morgan fingerprint density at radius 3 is 2.17 bits per heavy atom. The summed E-state index contributed by atoms with van der Waals surface area (Å²) in [4.78, 5) is 48.2. The lowest BCUT2D eigenvalue weighted by Crippen LogP contribution is -2.60. The molecule has 1 heterocycles. The number of ether oxygens (including phenoxy) is 2. The van der Waals surface area contributed by atoms with Gasteiger partial charge in [0.2, 0.25) is 11.8 Å². The van der Waals surface area contributed by atoms with Crippen LogP contribution in [0.2, 0.25) is 0 Å². The largest absolute Gasteiger partial charge is 0.481 e. The Morgan fingerprint density at radius 2 is 1.61 bits per heavy atom. The fourth-order valence-corrected chi connectivity index (χ4v) is 3.62. The lowest BCUT2D eigenvalue weighted by Gasteiger charge is -2.40. The molecule has 1 rings (SSSR count). The summed E-state index contributed by atoms with van der Waals surface area (Å²) in [5, 5.41) is 72.0. The monoisotopic (exact) mass is 524 g/mol. The lowest BCUT2D eigenvalue weighted by atomic mass is 9.88. The van der Waals surface area contributed by atoms with Crippen LogP contribution in [-0.2, 0) is 28.7 Å². The van der Waals surface area contributed by atoms with Gasteiger partial charge < -0.3 is 55.9 Å². The van der Waals surface area contributed by atoms with Crippen molar-refractivity contribution in [2.24, 2.45) is 5.92 Å². The minimum absolute atomic E-state index is 0.0384. The minimum Gasteiger partial charge on any atom is -0.481 e. The van der Waals surface area contributed by atoms with E-state index in [1.165, 1.54) is 13.8 Å². The van der Waals surface area contributed by atoms with Crippen LogP contribution in [0.4, 0.5) is 0 Å². The average Bonchev–Trinajstić information content (AvgIpc) is 2.82. The molecule has 9 N–H and O–H groups in total. The molecule has 15 heteroatoms. The Labute approximate surface area is 207 Å². The van der Waals surface area contributed by atoms with Crippen LogP contribution in [0.25, 0.3) is 0 Å². The highest BCUT2D eigenvalue weighted by molar-refractivity contribution is 5.91. The van der Waals surface area contributed by atoms with E-state index in [9.17, 15) is 49.8 Å². The summed E-state index contributed by atoms with van der Waals surface area (Å²) in [5.41, 5.74) is 0. The van der Waals surface area contributed by atoms with Crippen LogP contribution in [0.3, 0.4) is 0 Å². The van der Waals surface area contributed by atoms with Crippen LogP contribution in [-0.4, -0.2) is 122 Å². The Hall–Kier alpha value is -2.40. The van der Waals surface area contributed by atoms with Crippen molar-refractivity contribution in [3.63, 3.8) is 0 Å². The second-order valence-electron chi connectivity index (χ2n) is 8.53. The first-order valence-electron chi connectivity index (χ1n) is 11.5. The molecule has 0 aromatic rings. The number of aliphatic hydroxyl groups excluding tert-OH is 6. The number of rotatable bonds is 14. The Bertz CT molecular complexity index is 751. The molecular formula is C21H36N2O13. The molecule has 1 saturated heterocycles. The van der Waals surface area contributed by atoms with E-state index in [1.54, 1.807) is 0 Å². The van der Waals surface area contributed by atoms with Gasteiger partial charge in [-0.1, -0.05) is 6.92 Å². The third-order valence-electron chi connectivity index (χ3n) is 5.66. The van der Waals surface area contributed by atoms with Crippen molar-refractivity contribution >= 4 is 23.8 Å². The number of aliphatic carboxylic acids is 1. The van der Waals surface area contributed by atoms with E-state index in [4.69, 9.17) is 14.6 Å². The summed E-state index contributed by atoms with van der Waals surface area (Å²) >= 11 is 0. The number of carbonyl (C=O) groups excluding carboxylic acids is 3. The quantitative estimate of drug-likeness (QED) is 0.0982. The Kier molecular flexibility index (Phi) is 13.2. The molecule has 1 aliphatic rings. The van der Waals surface area contributed by atoms with Gasteiger partial charge in [0.05, 0.1) is 19.3 Å². The predicted molar refractivity (Wildman–Crippen MR) is 118 cm³/mol. The van der Waals surface area contributed by atoms with E-state index in [-0.39, 0.29) is 32.3 Å². The molecule has 0 aromatic carbocycles. The van der Waals surface area contributed by atoms with E-state index in [2.05, 4.69) is 10.6 Å². The normalized spacial score (nSPS) is 27.3. The van der Waals surface area contributed by atoms with Gasteiger partial charge in [0.25, 0.3) is 0 Å². The van der Waals surface area contributed by atoms with Crippen molar-refractivity contribution in [3.05, 3.63) is 0 Å². The molecule has 0 aromatic heterocycles. The van der Waals surface area contributed by atoms with Crippen LogP contribution in [0, 0.1) is 5.92 Å². The van der Waals surface area contributed by atoms with Crippen LogP contribution >= 0.6 is 0 Å². The van der Waals surface area contributed by atoms with E-state index in [0.717, 1.165) is 0 Å². The van der Waals surface area contributed by atoms with E-state index >= 15 is 0 Å². The van der Waals surface area contributed by atoms with Gasteiger partial charge in [-0.3, -0.25) is 14.4 Å². The summed E-state index contributed by atoms with van der Waals surface area (Å²) in [7, 11) is 0. The zero-order chi connectivity index (χ0) is 27.6. The molecule has 0 bridgehead atoms. The molecule has 9 atom stereocenters. The number of carboxylic acids is 1. The van der Waals surface area contributed by atoms with Crippen molar-refractivity contribution in [1.82, 2.24) is 10.6 Å². The molecule has 1 fully saturated rings. The molecule has 0 aliphatic carbocycles. The fraction of sp³-hybridized carbons (Fsp3) is 0.810. The number of carboxylic acid groups (broad SMARTS) is 1. The third-order valence-corrected chi connectivity index (χ3v) is 5.66. The number of nitrogens with one attached hydrogen (secondary N) is 2. The molecule has 1 aliphatic heterocycles. The average molecular weight is 525 g/mol. The third kappa shape index (κ3) is 9.24. The molecule has 208 valence electrons. The minimum atomic E-state index is -1.81. The number of aliphatic hydroxyl groups is 6. The summed E-state index contributed by atoms with van der Waals surface area (Å²) in [6, 6.07) is -3.11. The van der Waals surface area contributed by atoms with Crippen molar-refractivity contribution < 1.29 is 64.4 Å². The van der Waals surface area contributed by atoms with Crippen LogP contribution < -0.4 is 10.6 Å². The van der Waals surface area contributed by atoms with E-state index in [0.29, 0.717) is 0 Å². The number of esters is 1. The van der Waals surface area contributed by atoms with Crippen molar-refractivity contribution in [1.29, 1.82) is 0 Å². The molecular weight excluding hydrogens is 488 g/mol. The van der Waals surface area contributed by atoms with Gasteiger partial charge in [-0.25, -0.2) is 4.79 Å². The maximum Gasteiger partial charge on any atom is 0.328 e. The van der Waals surface area contributed by atoms with Crippen LogP contribution in [0.15, 0.2) is 0 Å². The zero-order valence-electron chi connectivity index (χ0n) is 20.0. The molecule has 2 unspecified atom stereocenters. The summed E-state index contributed by atoms with van der Waals surface area (Å²) in [6.07, 6.45) is -10.8. The topological polar surface area (TPSA) is 252 Å². The molecule has 36 heavy (non-hydrogen) atoms. The van der Waals surface area contributed by atoms with Crippen molar-refractivity contribution in [2.45, 2.75) is 88.4 Å². The summed E-state index contributed by atoms with van der Waals surface area (Å²) in [6.45, 7) is 1.99. The molecule has 15 nitrogen and oxygen atoms in total. The standard InChI is InChI=1S/C21H36N2O13/c1-3-35-20(33)14(9(2)7-11-16(29)17(30)18(31)21(34)36-11)23-19(32)15(10(25)8-24)22-12(26)5-4-6-13(27)28/h9-11,14-18,21,24-25,29-31,34H,3-8H2,1-2H3,(H,22,26)(H,23,32)(H,27,28)/t9-,10-,11?,14-,15?,16+,17-,18-,21+/m0/s1. The molecule has 2 amide bonds. The van der Waals surface area contributed by atoms with Gasteiger partial charge in [-0.05, 0) is 25.7 Å². The van der Waals surface area contributed by atoms with E-state index in [1.807, 2.05) is 0 Å². The summed E-state index contributed by atoms with van der Waals surface area (Å²) < 4.78 is 10.1. The molecule has 0 spiro atoms. The van der Waals surface area contributed by atoms with Crippen molar-refractivity contribution in [3.8, 4) is 0 Å². The van der Waals surface area contributed by atoms with Gasteiger partial charge >= 0.3 is 11.9 Å². The van der Waals surface area contributed by atoms with Crippen LogP contribution in [0.5, 0.6) is 0 Å². The van der Waals surface area contributed by atoms with Gasteiger partial charge in [-0.2, -0.15) is 0 Å². The maximum atomic E-state index is 12.9. The first kappa shape index (κ1) is 31.6. The summed E-state index contributed by atoms with van der Waals surface area (Å²) in [5.74, 6) is -4.73. The number of hydrogen-bond acceptors (Lipinski definition) is 12. The first-order valence-corrected chi connectivity index (χ1v) is 11.5. The SMILES string of the molecule is CCOC(=O)[C@@H](NC(=O)C(NC(=O)CCCC(=O)O)[C@@H](O)CO)[C@@H](C)CC1O[C@@H](O)[C@@H](O)[C@@H](O)[C@@H]1O. The van der Waals surface area contributed by atoms with Crippen molar-refractivity contribution in [2.75, 3.05) is 13.2 Å². The molecule has 0 saturated carbocycles. The Morgan fingerprint density at radius 1 is 0.972 bits per heavy atom. The van der Waals surface area contributed by atoms with E-state index < -0.39 is 85.2 Å². The van der Waals surface area contributed by atoms with Crippen LogP contribution in [0.1, 0.15) is 39.5 Å². The lowest BCUT2D eigenvalue weighted by molar-refractivity contribution is -0.284. The second kappa shape index (κ2) is 15.0. The van der Waals surface area contributed by atoms with Gasteiger partial charge in [-0.15, -0.1) is 0 Å². The number of amides is 2. The highest BCUT2D eigenvalue weighted by Crippen LogP contribution is 2.26. The van der Waals surface area contributed by atoms with Gasteiger partial charge in [0.15, 0.2) is 6.29 Å². The predicted octanol–water partition coefficient (Wildman–Crippen LogP) is -4.05. The molecule has 0 radical (unpaired) electrons. The number of hydrogen-bond donors (Lipinski definition) is 9. The van der Waals surface area contributed by atoms with Gasteiger partial charge in [0.1, 0.15) is 36.5 Å². The second-order valence-corrected chi connectivity index (χ2v) is 8.53. The van der Waals surface area contributed by atoms with Gasteiger partial charge in [0, 0.05) is 12.8 Å². The maximum absolute atomic E-state index is 12.9. The zero-order valence-corrected chi connectivity index (χ0v) is 20.0. The smallest absolute Gasteiger partial charge is 0.328 e. The highest BCUT2D eigenvalue weighted by atomic mass is 16.6. The first-order chi connectivity index (χ1) is 16.8. The highest BCUT2D eigenvalue weighted by Gasteiger charge is 2.45. The number of carbonyl (C=O) groups is 4.